The molecule has 1 amide bonds. The van der Waals surface area contributed by atoms with Crippen molar-refractivity contribution in [1.29, 1.82) is 0 Å². The second kappa shape index (κ2) is 6.50. The maximum atomic E-state index is 13.2. The largest absolute Gasteiger partial charge is 0.490 e. The smallest absolute Gasteiger partial charge is 0.407 e. The van der Waals surface area contributed by atoms with Crippen LogP contribution in [0.2, 0.25) is 0 Å². The lowest BCUT2D eigenvalue weighted by Gasteiger charge is -2.35. The van der Waals surface area contributed by atoms with E-state index in [0.717, 1.165) is 0 Å². The standard InChI is InChI=1S/C16H21F2NO3/c1-16(2,3)19-15(20)22-13-7-12(8-13)21-11-4-5-14(18)10(6-11)9-17/h4-6,12-13H,7-9H2,1-3H3,(H,19,20). The van der Waals surface area contributed by atoms with Crippen LogP contribution in [-0.2, 0) is 11.4 Å². The lowest BCUT2D eigenvalue weighted by molar-refractivity contribution is -0.0244. The average molecular weight is 313 g/mol. The Morgan fingerprint density at radius 1 is 1.32 bits per heavy atom. The van der Waals surface area contributed by atoms with Crippen molar-refractivity contribution in [2.45, 2.75) is 58.0 Å². The van der Waals surface area contributed by atoms with Gasteiger partial charge in [-0.2, -0.15) is 0 Å². The molecule has 1 N–H and O–H groups in total. The molecule has 22 heavy (non-hydrogen) atoms. The van der Waals surface area contributed by atoms with Gasteiger partial charge in [-0.1, -0.05) is 0 Å². The molecule has 1 aliphatic carbocycles. The fraction of sp³-hybridized carbons (Fsp3) is 0.562. The van der Waals surface area contributed by atoms with Crippen molar-refractivity contribution in [1.82, 2.24) is 5.32 Å². The van der Waals surface area contributed by atoms with Crippen LogP contribution in [0, 0.1) is 5.82 Å². The number of nitrogens with one attached hydrogen (secondary N) is 1. The number of rotatable bonds is 4. The van der Waals surface area contributed by atoms with E-state index in [0.29, 0.717) is 18.6 Å². The van der Waals surface area contributed by atoms with Gasteiger partial charge in [0.05, 0.1) is 0 Å². The normalized spacial score (nSPS) is 21.0. The molecule has 0 atom stereocenters. The van der Waals surface area contributed by atoms with E-state index < -0.39 is 18.6 Å². The molecule has 0 aliphatic heterocycles. The highest BCUT2D eigenvalue weighted by molar-refractivity contribution is 5.68. The molecule has 122 valence electrons. The average Bonchev–Trinajstić information content (AvgIpc) is 2.36. The van der Waals surface area contributed by atoms with E-state index in [9.17, 15) is 13.6 Å². The summed E-state index contributed by atoms with van der Waals surface area (Å²) in [6, 6.07) is 4.01. The van der Waals surface area contributed by atoms with Crippen LogP contribution in [-0.4, -0.2) is 23.8 Å². The van der Waals surface area contributed by atoms with E-state index in [-0.39, 0.29) is 23.3 Å². The van der Waals surface area contributed by atoms with Crippen molar-refractivity contribution in [3.8, 4) is 5.75 Å². The van der Waals surface area contributed by atoms with E-state index in [4.69, 9.17) is 9.47 Å². The predicted octanol–water partition coefficient (Wildman–Crippen LogP) is 3.73. The van der Waals surface area contributed by atoms with Crippen LogP contribution in [0.4, 0.5) is 13.6 Å². The number of amides is 1. The van der Waals surface area contributed by atoms with Gasteiger partial charge in [0.15, 0.2) is 0 Å². The lowest BCUT2D eigenvalue weighted by Crippen LogP contribution is -2.46. The molecule has 4 nitrogen and oxygen atoms in total. The van der Waals surface area contributed by atoms with Crippen LogP contribution < -0.4 is 10.1 Å². The van der Waals surface area contributed by atoms with Crippen LogP contribution in [0.5, 0.6) is 5.75 Å². The van der Waals surface area contributed by atoms with Gasteiger partial charge in [-0.15, -0.1) is 0 Å². The van der Waals surface area contributed by atoms with E-state index in [1.54, 1.807) is 0 Å². The summed E-state index contributed by atoms with van der Waals surface area (Å²) in [5.74, 6) is -0.153. The zero-order valence-corrected chi connectivity index (χ0v) is 13.0. The minimum absolute atomic E-state index is 0.0193. The molecule has 0 spiro atoms. The molecule has 0 radical (unpaired) electrons. The molecule has 1 aromatic carbocycles. The third-order valence-electron chi connectivity index (χ3n) is 3.27. The molecule has 0 saturated heterocycles. The summed E-state index contributed by atoms with van der Waals surface area (Å²) in [7, 11) is 0. The lowest BCUT2D eigenvalue weighted by atomic mass is 9.92. The SMILES string of the molecule is CC(C)(C)NC(=O)OC1CC(Oc2ccc(F)c(CF)c2)C1. The van der Waals surface area contributed by atoms with Crippen LogP contribution >= 0.6 is 0 Å². The second-order valence-corrected chi connectivity index (χ2v) is 6.50. The number of carbonyl (C=O) groups is 1. The minimum Gasteiger partial charge on any atom is -0.490 e. The fourth-order valence-corrected chi connectivity index (χ4v) is 2.12. The van der Waals surface area contributed by atoms with Gasteiger partial charge in [0, 0.05) is 23.9 Å². The molecule has 0 aromatic heterocycles. The Labute approximate surface area is 128 Å². The first-order chi connectivity index (χ1) is 10.3. The third-order valence-corrected chi connectivity index (χ3v) is 3.27. The van der Waals surface area contributed by atoms with Crippen molar-refractivity contribution in [2.24, 2.45) is 0 Å². The molecular weight excluding hydrogens is 292 g/mol. The Kier molecular flexibility index (Phi) is 4.88. The van der Waals surface area contributed by atoms with Crippen molar-refractivity contribution in [3.05, 3.63) is 29.6 Å². The summed E-state index contributed by atoms with van der Waals surface area (Å²) in [6.07, 6.45) is 0.399. The zero-order chi connectivity index (χ0) is 16.3. The molecular formula is C16H21F2NO3. The molecule has 1 aliphatic rings. The summed E-state index contributed by atoms with van der Waals surface area (Å²) in [4.78, 5) is 11.6. The summed E-state index contributed by atoms with van der Waals surface area (Å²) in [6.45, 7) is 4.75. The van der Waals surface area contributed by atoms with E-state index in [1.165, 1.54) is 18.2 Å². The molecule has 1 saturated carbocycles. The number of benzene rings is 1. The quantitative estimate of drug-likeness (QED) is 0.921. The monoisotopic (exact) mass is 313 g/mol. The van der Waals surface area contributed by atoms with Gasteiger partial charge in [-0.3, -0.25) is 0 Å². The van der Waals surface area contributed by atoms with E-state index in [1.807, 2.05) is 20.8 Å². The molecule has 0 unspecified atom stereocenters. The Bertz CT molecular complexity index is 537. The van der Waals surface area contributed by atoms with Crippen molar-refractivity contribution in [3.63, 3.8) is 0 Å². The van der Waals surface area contributed by atoms with Gasteiger partial charge >= 0.3 is 6.09 Å². The van der Waals surface area contributed by atoms with Crippen LogP contribution in [0.1, 0.15) is 39.2 Å². The number of hydrogen-bond donors (Lipinski definition) is 1. The molecule has 0 bridgehead atoms. The highest BCUT2D eigenvalue weighted by Crippen LogP contribution is 2.29. The second-order valence-electron chi connectivity index (χ2n) is 6.50. The molecule has 1 aromatic rings. The van der Waals surface area contributed by atoms with Crippen molar-refractivity contribution >= 4 is 6.09 Å². The van der Waals surface area contributed by atoms with Crippen LogP contribution in [0.3, 0.4) is 0 Å². The summed E-state index contributed by atoms with van der Waals surface area (Å²) in [5.41, 5.74) is -0.359. The highest BCUT2D eigenvalue weighted by atomic mass is 19.1. The van der Waals surface area contributed by atoms with Crippen LogP contribution in [0.15, 0.2) is 18.2 Å². The summed E-state index contributed by atoms with van der Waals surface area (Å²) < 4.78 is 36.6. The molecule has 2 rings (SSSR count). The summed E-state index contributed by atoms with van der Waals surface area (Å²) in [5, 5.41) is 2.72. The number of ether oxygens (including phenoxy) is 2. The Morgan fingerprint density at radius 3 is 2.59 bits per heavy atom. The van der Waals surface area contributed by atoms with Gasteiger partial charge in [-0.25, -0.2) is 13.6 Å². The fourth-order valence-electron chi connectivity index (χ4n) is 2.12. The van der Waals surface area contributed by atoms with Gasteiger partial charge < -0.3 is 14.8 Å². The number of alkyl halides is 1. The molecule has 1 fully saturated rings. The Balaban J connectivity index is 1.77. The van der Waals surface area contributed by atoms with Gasteiger partial charge in [0.25, 0.3) is 0 Å². The number of halogens is 2. The number of alkyl carbamates (subject to hydrolysis) is 1. The first-order valence-electron chi connectivity index (χ1n) is 7.26. The summed E-state index contributed by atoms with van der Waals surface area (Å²) >= 11 is 0. The topological polar surface area (TPSA) is 47.6 Å². The van der Waals surface area contributed by atoms with E-state index in [2.05, 4.69) is 5.32 Å². The Hall–Kier alpha value is -1.85. The maximum absolute atomic E-state index is 13.2. The van der Waals surface area contributed by atoms with Gasteiger partial charge in [0.2, 0.25) is 0 Å². The van der Waals surface area contributed by atoms with E-state index >= 15 is 0 Å². The maximum Gasteiger partial charge on any atom is 0.407 e. The Morgan fingerprint density at radius 2 is 2.00 bits per heavy atom. The van der Waals surface area contributed by atoms with Gasteiger partial charge in [-0.05, 0) is 39.0 Å². The number of carbonyl (C=O) groups excluding carboxylic acids is 1. The first kappa shape index (κ1) is 16.5. The van der Waals surface area contributed by atoms with Crippen LogP contribution in [0.25, 0.3) is 0 Å². The zero-order valence-electron chi connectivity index (χ0n) is 13.0. The highest BCUT2D eigenvalue weighted by Gasteiger charge is 2.34. The number of hydrogen-bond acceptors (Lipinski definition) is 3. The first-order valence-corrected chi connectivity index (χ1v) is 7.26. The minimum atomic E-state index is -0.869. The predicted molar refractivity (Wildman–Crippen MR) is 78.0 cm³/mol. The van der Waals surface area contributed by atoms with Crippen molar-refractivity contribution in [2.75, 3.05) is 0 Å². The molecule has 6 heteroatoms. The van der Waals surface area contributed by atoms with Crippen molar-refractivity contribution < 1.29 is 23.0 Å². The van der Waals surface area contributed by atoms with Gasteiger partial charge in [0.1, 0.15) is 30.4 Å². The third kappa shape index (κ3) is 4.58. The molecule has 0 heterocycles.